The van der Waals surface area contributed by atoms with E-state index in [1.807, 2.05) is 18.3 Å². The molecule has 2 aromatic rings. The zero-order valence-corrected chi connectivity index (χ0v) is 14.3. The molecule has 0 unspecified atom stereocenters. The van der Waals surface area contributed by atoms with Gasteiger partial charge in [-0.15, -0.1) is 0 Å². The van der Waals surface area contributed by atoms with E-state index in [1.165, 1.54) is 19.3 Å². The molecule has 2 aromatic heterocycles. The molecule has 0 aliphatic heterocycles. The Bertz CT molecular complexity index is 695. The van der Waals surface area contributed by atoms with Crippen LogP contribution in [0.1, 0.15) is 52.5 Å². The van der Waals surface area contributed by atoms with Crippen molar-refractivity contribution in [1.29, 1.82) is 0 Å². The van der Waals surface area contributed by atoms with Crippen LogP contribution in [0.3, 0.4) is 0 Å². The predicted molar refractivity (Wildman–Crippen MR) is 93.5 cm³/mol. The zero-order chi connectivity index (χ0) is 16.4. The number of nitrogens with zero attached hydrogens (tertiary/aromatic N) is 3. The molecule has 0 atom stereocenters. The van der Waals surface area contributed by atoms with Crippen molar-refractivity contribution in [2.75, 3.05) is 11.9 Å². The molecule has 0 amide bonds. The summed E-state index contributed by atoms with van der Waals surface area (Å²) in [7, 11) is 0. The van der Waals surface area contributed by atoms with E-state index in [4.69, 9.17) is 9.72 Å². The number of rotatable bonds is 6. The molecule has 5 nitrogen and oxygen atoms in total. The maximum Gasteiger partial charge on any atom is 0.209 e. The van der Waals surface area contributed by atoms with Crippen molar-refractivity contribution in [2.45, 2.75) is 58.1 Å². The molecular formula is C18H26N4O. The SMILES string of the molecule is C=C(CCOC(C)(C)C)Nc1nc2cccnc2n1C1CCC1. The Morgan fingerprint density at radius 2 is 2.22 bits per heavy atom. The highest BCUT2D eigenvalue weighted by atomic mass is 16.5. The van der Waals surface area contributed by atoms with Gasteiger partial charge in [-0.25, -0.2) is 9.97 Å². The summed E-state index contributed by atoms with van der Waals surface area (Å²) >= 11 is 0. The zero-order valence-electron chi connectivity index (χ0n) is 14.3. The van der Waals surface area contributed by atoms with Crippen LogP contribution in [0.15, 0.2) is 30.6 Å². The van der Waals surface area contributed by atoms with E-state index in [0.717, 1.165) is 29.2 Å². The first kappa shape index (κ1) is 16.0. The summed E-state index contributed by atoms with van der Waals surface area (Å²) in [6.45, 7) is 11.0. The van der Waals surface area contributed by atoms with Crippen molar-refractivity contribution in [3.63, 3.8) is 0 Å². The summed E-state index contributed by atoms with van der Waals surface area (Å²) in [4.78, 5) is 9.21. The molecule has 1 N–H and O–H groups in total. The van der Waals surface area contributed by atoms with Gasteiger partial charge < -0.3 is 10.1 Å². The first-order valence-electron chi connectivity index (χ1n) is 8.36. The Morgan fingerprint density at radius 1 is 1.43 bits per heavy atom. The van der Waals surface area contributed by atoms with Crippen molar-refractivity contribution in [1.82, 2.24) is 14.5 Å². The fourth-order valence-corrected chi connectivity index (χ4v) is 2.71. The number of imidazole rings is 1. The van der Waals surface area contributed by atoms with Gasteiger partial charge in [0, 0.05) is 24.4 Å². The van der Waals surface area contributed by atoms with Gasteiger partial charge >= 0.3 is 0 Å². The quantitative estimate of drug-likeness (QED) is 0.864. The van der Waals surface area contributed by atoms with E-state index in [2.05, 4.69) is 42.2 Å². The number of fused-ring (bicyclic) bond motifs is 1. The number of pyridine rings is 1. The fourth-order valence-electron chi connectivity index (χ4n) is 2.71. The van der Waals surface area contributed by atoms with Gasteiger partial charge in [-0.1, -0.05) is 6.58 Å². The van der Waals surface area contributed by atoms with Crippen LogP contribution in [-0.4, -0.2) is 26.7 Å². The highest BCUT2D eigenvalue weighted by Crippen LogP contribution is 2.36. The molecule has 1 aliphatic rings. The lowest BCUT2D eigenvalue weighted by Gasteiger charge is -2.29. The third-order valence-corrected chi connectivity index (χ3v) is 4.12. The summed E-state index contributed by atoms with van der Waals surface area (Å²) in [5.41, 5.74) is 2.69. The minimum Gasteiger partial charge on any atom is -0.375 e. The van der Waals surface area contributed by atoms with Gasteiger partial charge in [-0.2, -0.15) is 0 Å². The molecule has 1 aliphatic carbocycles. The van der Waals surface area contributed by atoms with Crippen LogP contribution in [0.5, 0.6) is 0 Å². The molecule has 0 radical (unpaired) electrons. The van der Waals surface area contributed by atoms with Crippen LogP contribution in [-0.2, 0) is 4.74 Å². The molecule has 3 rings (SSSR count). The summed E-state index contributed by atoms with van der Waals surface area (Å²) < 4.78 is 8.00. The highest BCUT2D eigenvalue weighted by molar-refractivity contribution is 5.75. The Balaban J connectivity index is 1.73. The minimum absolute atomic E-state index is 0.122. The summed E-state index contributed by atoms with van der Waals surface area (Å²) in [5, 5.41) is 3.37. The van der Waals surface area contributed by atoms with Crippen LogP contribution in [0.25, 0.3) is 11.2 Å². The van der Waals surface area contributed by atoms with E-state index >= 15 is 0 Å². The normalized spacial score (nSPS) is 15.6. The Hall–Kier alpha value is -1.88. The second kappa shape index (κ2) is 6.32. The van der Waals surface area contributed by atoms with Gasteiger partial charge in [0.2, 0.25) is 5.95 Å². The topological polar surface area (TPSA) is 52.0 Å². The average Bonchev–Trinajstić information content (AvgIpc) is 2.74. The molecule has 0 bridgehead atoms. The largest absolute Gasteiger partial charge is 0.375 e. The highest BCUT2D eigenvalue weighted by Gasteiger charge is 2.25. The predicted octanol–water partition coefficient (Wildman–Crippen LogP) is 4.29. The molecule has 1 fully saturated rings. The monoisotopic (exact) mass is 314 g/mol. The second-order valence-electron chi connectivity index (χ2n) is 7.18. The van der Waals surface area contributed by atoms with Crippen molar-refractivity contribution in [2.24, 2.45) is 0 Å². The summed E-state index contributed by atoms with van der Waals surface area (Å²) in [5.74, 6) is 0.851. The molecule has 5 heteroatoms. The van der Waals surface area contributed by atoms with E-state index < -0.39 is 0 Å². The molecule has 1 saturated carbocycles. The Labute approximate surface area is 137 Å². The fraction of sp³-hybridized carbons (Fsp3) is 0.556. The Kier molecular flexibility index (Phi) is 4.39. The van der Waals surface area contributed by atoms with E-state index in [1.54, 1.807) is 0 Å². The smallest absolute Gasteiger partial charge is 0.209 e. The van der Waals surface area contributed by atoms with Gasteiger partial charge in [0.25, 0.3) is 0 Å². The number of nitrogens with one attached hydrogen (secondary N) is 1. The Morgan fingerprint density at radius 3 is 2.87 bits per heavy atom. The number of ether oxygens (including phenoxy) is 1. The summed E-state index contributed by atoms with van der Waals surface area (Å²) in [6.07, 6.45) is 6.25. The van der Waals surface area contributed by atoms with Gasteiger partial charge in [-0.3, -0.25) is 4.57 Å². The third-order valence-electron chi connectivity index (χ3n) is 4.12. The first-order valence-corrected chi connectivity index (χ1v) is 8.36. The maximum atomic E-state index is 5.77. The number of anilines is 1. The third kappa shape index (κ3) is 3.72. The molecule has 2 heterocycles. The molecule has 23 heavy (non-hydrogen) atoms. The van der Waals surface area contributed by atoms with E-state index in [9.17, 15) is 0 Å². The lowest BCUT2D eigenvalue weighted by molar-refractivity contribution is -0.000838. The number of hydrogen-bond acceptors (Lipinski definition) is 4. The van der Waals surface area contributed by atoms with Gasteiger partial charge in [0.05, 0.1) is 12.2 Å². The van der Waals surface area contributed by atoms with Crippen LogP contribution in [0.2, 0.25) is 0 Å². The lowest BCUT2D eigenvalue weighted by Crippen LogP contribution is -2.21. The van der Waals surface area contributed by atoms with E-state index in [0.29, 0.717) is 12.6 Å². The van der Waals surface area contributed by atoms with Crippen molar-refractivity contribution < 1.29 is 4.74 Å². The number of aromatic nitrogens is 3. The van der Waals surface area contributed by atoms with Crippen LogP contribution in [0, 0.1) is 0 Å². The second-order valence-corrected chi connectivity index (χ2v) is 7.18. The van der Waals surface area contributed by atoms with Crippen LogP contribution < -0.4 is 5.32 Å². The molecule has 0 spiro atoms. The number of hydrogen-bond donors (Lipinski definition) is 1. The van der Waals surface area contributed by atoms with Gasteiger partial charge in [-0.05, 0) is 52.2 Å². The molecule has 0 aromatic carbocycles. The molecule has 0 saturated heterocycles. The van der Waals surface area contributed by atoms with E-state index in [-0.39, 0.29) is 5.60 Å². The lowest BCUT2D eigenvalue weighted by atomic mass is 9.93. The minimum atomic E-state index is -0.122. The van der Waals surface area contributed by atoms with Gasteiger partial charge in [0.15, 0.2) is 5.65 Å². The van der Waals surface area contributed by atoms with Crippen LogP contribution >= 0.6 is 0 Å². The molecular weight excluding hydrogens is 288 g/mol. The summed E-state index contributed by atoms with van der Waals surface area (Å²) in [6, 6.07) is 4.43. The standard InChI is InChI=1S/C18H26N4O/c1-13(10-12-23-18(2,3)4)20-17-21-15-9-6-11-19-16(15)22(17)14-7-5-8-14/h6,9,11,14H,1,5,7-8,10,12H2,2-4H3,(H,20,21). The van der Waals surface area contributed by atoms with Crippen molar-refractivity contribution >= 4 is 17.1 Å². The van der Waals surface area contributed by atoms with Crippen molar-refractivity contribution in [3.8, 4) is 0 Å². The molecule has 124 valence electrons. The maximum absolute atomic E-state index is 5.77. The first-order chi connectivity index (χ1) is 10.9. The average molecular weight is 314 g/mol. The van der Waals surface area contributed by atoms with Crippen LogP contribution in [0.4, 0.5) is 5.95 Å². The van der Waals surface area contributed by atoms with Gasteiger partial charge in [0.1, 0.15) is 5.52 Å². The van der Waals surface area contributed by atoms with Crippen molar-refractivity contribution in [3.05, 3.63) is 30.6 Å².